The van der Waals surface area contributed by atoms with Crippen LogP contribution in [0.2, 0.25) is 0 Å². The van der Waals surface area contributed by atoms with Gasteiger partial charge in [-0.15, -0.1) is 0 Å². The van der Waals surface area contributed by atoms with Gasteiger partial charge in [0.25, 0.3) is 0 Å². The molecule has 2 heterocycles. The maximum Gasteiger partial charge on any atom is 0.316 e. The smallest absolute Gasteiger partial charge is 0.316 e. The van der Waals surface area contributed by atoms with Crippen LogP contribution in [0.25, 0.3) is 0 Å². The predicted molar refractivity (Wildman–Crippen MR) is 64.3 cm³/mol. The number of carboxylic acids is 1. The molecule has 16 heavy (non-hydrogen) atoms. The number of carbonyl (C=O) groups is 1. The molecular formula is C10H16O4S2. The van der Waals surface area contributed by atoms with E-state index in [1.165, 1.54) is 0 Å². The van der Waals surface area contributed by atoms with E-state index in [1.807, 2.05) is 11.8 Å². The Morgan fingerprint density at radius 3 is 3.06 bits per heavy atom. The summed E-state index contributed by atoms with van der Waals surface area (Å²) in [4.78, 5) is 10.5. The number of hydrogen-bond acceptors (Lipinski definition) is 4. The van der Waals surface area contributed by atoms with Crippen LogP contribution in [0.3, 0.4) is 0 Å². The van der Waals surface area contributed by atoms with Crippen molar-refractivity contribution in [2.24, 2.45) is 0 Å². The monoisotopic (exact) mass is 264 g/mol. The Balaban J connectivity index is 1.96. The van der Waals surface area contributed by atoms with Gasteiger partial charge in [0.05, 0.1) is 5.60 Å². The van der Waals surface area contributed by atoms with Gasteiger partial charge in [-0.25, -0.2) is 0 Å². The molecule has 3 unspecified atom stereocenters. The Morgan fingerprint density at radius 1 is 1.62 bits per heavy atom. The standard InChI is InChI=1S/C10H16O4S2/c11-9(12)6-16(13)8-1-3-14-10(5-8)2-4-15-7-10/h8H,1-7H2,(H,11,12). The van der Waals surface area contributed by atoms with Gasteiger partial charge in [-0.1, -0.05) is 0 Å². The lowest BCUT2D eigenvalue weighted by Crippen LogP contribution is -2.44. The summed E-state index contributed by atoms with van der Waals surface area (Å²) in [5, 5.41) is 8.65. The highest BCUT2D eigenvalue weighted by molar-refractivity contribution is 7.99. The third kappa shape index (κ3) is 2.78. The maximum atomic E-state index is 11.8. The van der Waals surface area contributed by atoms with Crippen molar-refractivity contribution in [3.05, 3.63) is 0 Å². The molecule has 0 aromatic carbocycles. The van der Waals surface area contributed by atoms with Gasteiger partial charge in [-0.05, 0) is 25.0 Å². The van der Waals surface area contributed by atoms with Crippen molar-refractivity contribution in [3.63, 3.8) is 0 Å². The lowest BCUT2D eigenvalue weighted by Gasteiger charge is -2.37. The van der Waals surface area contributed by atoms with Crippen molar-refractivity contribution < 1.29 is 18.8 Å². The number of aliphatic carboxylic acids is 1. The second-order valence-corrected chi connectivity index (χ2v) is 7.19. The highest BCUT2D eigenvalue weighted by atomic mass is 32.2. The first kappa shape index (κ1) is 12.4. The Bertz CT molecular complexity index is 299. The van der Waals surface area contributed by atoms with Crippen LogP contribution in [0.5, 0.6) is 0 Å². The number of hydrogen-bond donors (Lipinski definition) is 1. The Kier molecular flexibility index (Phi) is 3.92. The van der Waals surface area contributed by atoms with E-state index in [9.17, 15) is 9.00 Å². The fraction of sp³-hybridized carbons (Fsp3) is 0.900. The van der Waals surface area contributed by atoms with Gasteiger partial charge in [-0.2, -0.15) is 11.8 Å². The summed E-state index contributed by atoms with van der Waals surface area (Å²) >= 11 is 1.87. The molecule has 0 amide bonds. The first-order chi connectivity index (χ1) is 7.61. The minimum atomic E-state index is -1.25. The normalized spacial score (nSPS) is 36.4. The zero-order valence-corrected chi connectivity index (χ0v) is 10.6. The van der Waals surface area contributed by atoms with Crippen molar-refractivity contribution in [3.8, 4) is 0 Å². The summed E-state index contributed by atoms with van der Waals surface area (Å²) in [7, 11) is -1.25. The zero-order chi connectivity index (χ0) is 11.6. The SMILES string of the molecule is O=C(O)CS(=O)C1CCOC2(CCSC2)C1. The minimum absolute atomic E-state index is 0.00329. The Hall–Kier alpha value is -0.0700. The lowest BCUT2D eigenvalue weighted by atomic mass is 9.93. The van der Waals surface area contributed by atoms with E-state index in [4.69, 9.17) is 9.84 Å². The summed E-state index contributed by atoms with van der Waals surface area (Å²) in [5.74, 6) is 0.861. The fourth-order valence-corrected chi connectivity index (χ4v) is 5.02. The predicted octanol–water partition coefficient (Wildman–Crippen LogP) is 0.874. The molecule has 0 aliphatic carbocycles. The van der Waals surface area contributed by atoms with Gasteiger partial charge >= 0.3 is 5.97 Å². The van der Waals surface area contributed by atoms with Crippen LogP contribution in [0.1, 0.15) is 19.3 Å². The molecule has 0 aromatic rings. The van der Waals surface area contributed by atoms with Gasteiger partial charge in [0, 0.05) is 28.4 Å². The van der Waals surface area contributed by atoms with Crippen LogP contribution in [-0.2, 0) is 20.3 Å². The first-order valence-electron chi connectivity index (χ1n) is 5.42. The van der Waals surface area contributed by atoms with Crippen LogP contribution in [0, 0.1) is 0 Å². The van der Waals surface area contributed by atoms with Crippen molar-refractivity contribution in [1.82, 2.24) is 0 Å². The second-order valence-electron chi connectivity index (χ2n) is 4.37. The summed E-state index contributed by atoms with van der Waals surface area (Å²) in [6, 6.07) is 0. The third-order valence-corrected chi connectivity index (χ3v) is 6.05. The Labute approximate surface area is 102 Å². The fourth-order valence-electron chi connectivity index (χ4n) is 2.31. The van der Waals surface area contributed by atoms with Gasteiger partial charge in [0.15, 0.2) is 0 Å². The molecule has 6 heteroatoms. The van der Waals surface area contributed by atoms with E-state index in [0.29, 0.717) is 6.61 Å². The molecule has 2 fully saturated rings. The first-order valence-corrected chi connectivity index (χ1v) is 7.96. The third-order valence-electron chi connectivity index (χ3n) is 3.15. The highest BCUT2D eigenvalue weighted by Gasteiger charge is 2.42. The molecule has 0 bridgehead atoms. The van der Waals surface area contributed by atoms with E-state index in [2.05, 4.69) is 0 Å². The summed E-state index contributed by atoms with van der Waals surface area (Å²) < 4.78 is 17.6. The summed E-state index contributed by atoms with van der Waals surface area (Å²) in [6.07, 6.45) is 2.50. The number of ether oxygens (including phenoxy) is 1. The highest BCUT2D eigenvalue weighted by Crippen LogP contribution is 2.39. The number of thioether (sulfide) groups is 1. The molecule has 2 aliphatic heterocycles. The number of rotatable bonds is 3. The molecule has 1 spiro atoms. The van der Waals surface area contributed by atoms with Crippen molar-refractivity contribution in [2.45, 2.75) is 30.1 Å². The van der Waals surface area contributed by atoms with E-state index >= 15 is 0 Å². The van der Waals surface area contributed by atoms with E-state index < -0.39 is 16.8 Å². The van der Waals surface area contributed by atoms with Gasteiger partial charge in [0.2, 0.25) is 0 Å². The van der Waals surface area contributed by atoms with Crippen LogP contribution in [0.15, 0.2) is 0 Å². The van der Waals surface area contributed by atoms with Crippen molar-refractivity contribution >= 4 is 28.5 Å². The van der Waals surface area contributed by atoms with Crippen LogP contribution >= 0.6 is 11.8 Å². The van der Waals surface area contributed by atoms with Gasteiger partial charge < -0.3 is 9.84 Å². The average molecular weight is 264 g/mol. The largest absolute Gasteiger partial charge is 0.481 e. The van der Waals surface area contributed by atoms with Crippen LogP contribution < -0.4 is 0 Å². The van der Waals surface area contributed by atoms with Gasteiger partial charge in [-0.3, -0.25) is 9.00 Å². The molecule has 2 saturated heterocycles. The molecule has 0 radical (unpaired) electrons. The molecule has 2 aliphatic rings. The molecule has 4 nitrogen and oxygen atoms in total. The zero-order valence-electron chi connectivity index (χ0n) is 9.02. The minimum Gasteiger partial charge on any atom is -0.481 e. The van der Waals surface area contributed by atoms with Crippen LogP contribution in [-0.4, -0.2) is 50.0 Å². The topological polar surface area (TPSA) is 63.6 Å². The summed E-state index contributed by atoms with van der Waals surface area (Å²) in [5.41, 5.74) is -0.109. The second kappa shape index (κ2) is 5.06. The van der Waals surface area contributed by atoms with Crippen molar-refractivity contribution in [2.75, 3.05) is 23.9 Å². The number of carboxylic acid groups (broad SMARTS) is 1. The molecule has 2 rings (SSSR count). The van der Waals surface area contributed by atoms with E-state index in [0.717, 1.165) is 30.8 Å². The van der Waals surface area contributed by atoms with Gasteiger partial charge in [0.1, 0.15) is 5.75 Å². The molecule has 0 aromatic heterocycles. The molecule has 92 valence electrons. The van der Waals surface area contributed by atoms with E-state index in [1.54, 1.807) is 0 Å². The quantitative estimate of drug-likeness (QED) is 0.819. The van der Waals surface area contributed by atoms with Crippen molar-refractivity contribution in [1.29, 1.82) is 0 Å². The molecule has 3 atom stereocenters. The molecule has 0 saturated carbocycles. The average Bonchev–Trinajstić information content (AvgIpc) is 2.65. The maximum absolute atomic E-state index is 11.8. The summed E-state index contributed by atoms with van der Waals surface area (Å²) in [6.45, 7) is 0.622. The molecule has 1 N–H and O–H groups in total. The van der Waals surface area contributed by atoms with E-state index in [-0.39, 0.29) is 16.6 Å². The Morgan fingerprint density at radius 2 is 2.44 bits per heavy atom. The van der Waals surface area contributed by atoms with Crippen LogP contribution in [0.4, 0.5) is 0 Å². The molecular weight excluding hydrogens is 248 g/mol. The lowest BCUT2D eigenvalue weighted by molar-refractivity contribution is -0.134.